The minimum Gasteiger partial charge on any atom is -0.378 e. The monoisotopic (exact) mass is 403 g/mol. The second kappa shape index (κ2) is 10.7. The molecule has 30 heavy (non-hydrogen) atoms. The molecule has 0 bridgehead atoms. The normalized spacial score (nSPS) is 16.5. The molecule has 0 unspecified atom stereocenters. The van der Waals surface area contributed by atoms with E-state index >= 15 is 0 Å². The van der Waals surface area contributed by atoms with Gasteiger partial charge in [0.1, 0.15) is 5.82 Å². The molecule has 2 aromatic carbocycles. The van der Waals surface area contributed by atoms with Gasteiger partial charge in [-0.15, -0.1) is 0 Å². The second-order valence-electron chi connectivity index (χ2n) is 7.85. The van der Waals surface area contributed by atoms with E-state index in [0.717, 1.165) is 48.7 Å². The van der Waals surface area contributed by atoms with Gasteiger partial charge in [0.2, 0.25) is 0 Å². The van der Waals surface area contributed by atoms with E-state index in [1.807, 2.05) is 45.4 Å². The van der Waals surface area contributed by atoms with Crippen molar-refractivity contribution in [3.8, 4) is 0 Å². The van der Waals surface area contributed by atoms with Gasteiger partial charge in [-0.2, -0.15) is 0 Å². The predicted octanol–water partition coefficient (Wildman–Crippen LogP) is 4.59. The lowest BCUT2D eigenvalue weighted by molar-refractivity contribution is 0.455. The zero-order chi connectivity index (χ0) is 21.3. The first-order chi connectivity index (χ1) is 14.6. The molecule has 1 aliphatic rings. The third kappa shape index (κ3) is 6.04. The summed E-state index contributed by atoms with van der Waals surface area (Å²) in [5.41, 5.74) is 5.34. The molecule has 3 rings (SSSR count). The Kier molecular flexibility index (Phi) is 7.80. The molecular formula is C25H33N5. The number of hydrogen-bond donors (Lipinski definition) is 2. The van der Waals surface area contributed by atoms with E-state index < -0.39 is 0 Å². The molecule has 0 aromatic heterocycles. The second-order valence-corrected chi connectivity index (χ2v) is 7.85. The summed E-state index contributed by atoms with van der Waals surface area (Å²) in [7, 11) is 5.92. The molecule has 0 saturated carbocycles. The highest BCUT2D eigenvalue weighted by molar-refractivity contribution is 6.09. The Labute approximate surface area is 180 Å². The van der Waals surface area contributed by atoms with Crippen LogP contribution in [-0.2, 0) is 0 Å². The predicted molar refractivity (Wildman–Crippen MR) is 130 cm³/mol. The van der Waals surface area contributed by atoms with Crippen LogP contribution < -0.4 is 15.5 Å². The smallest absolute Gasteiger partial charge is 0.132 e. The van der Waals surface area contributed by atoms with Gasteiger partial charge in [0.05, 0.1) is 5.71 Å². The quantitative estimate of drug-likeness (QED) is 0.665. The van der Waals surface area contributed by atoms with Gasteiger partial charge in [-0.25, -0.2) is 4.99 Å². The molecule has 0 spiro atoms. The first kappa shape index (κ1) is 21.8. The fraction of sp³-hybridized carbons (Fsp3) is 0.360. The molecule has 1 aliphatic heterocycles. The maximum atomic E-state index is 5.01. The lowest BCUT2D eigenvalue weighted by atomic mass is 9.94. The van der Waals surface area contributed by atoms with Gasteiger partial charge in [-0.3, -0.25) is 4.99 Å². The number of piperidine rings is 1. The van der Waals surface area contributed by atoms with Crippen LogP contribution in [0.2, 0.25) is 0 Å². The van der Waals surface area contributed by atoms with E-state index in [9.17, 15) is 0 Å². The van der Waals surface area contributed by atoms with Crippen molar-refractivity contribution in [2.45, 2.75) is 19.8 Å². The molecule has 1 saturated heterocycles. The molecule has 0 radical (unpaired) electrons. The van der Waals surface area contributed by atoms with Gasteiger partial charge < -0.3 is 15.5 Å². The number of allylic oxidation sites excluding steroid dienone is 1. The van der Waals surface area contributed by atoms with Crippen molar-refractivity contribution in [2.75, 3.05) is 44.4 Å². The summed E-state index contributed by atoms with van der Waals surface area (Å²) < 4.78 is 0. The zero-order valence-electron chi connectivity index (χ0n) is 18.5. The summed E-state index contributed by atoms with van der Waals surface area (Å²) in [6, 6.07) is 18.6. The van der Waals surface area contributed by atoms with E-state index in [0.29, 0.717) is 5.92 Å². The molecule has 0 atom stereocenters. The third-order valence-corrected chi connectivity index (χ3v) is 5.47. The average molecular weight is 404 g/mol. The van der Waals surface area contributed by atoms with Crippen LogP contribution in [0.4, 0.5) is 11.4 Å². The summed E-state index contributed by atoms with van der Waals surface area (Å²) in [6.45, 7) is 4.26. The van der Waals surface area contributed by atoms with Crippen LogP contribution in [0, 0.1) is 5.92 Å². The Bertz CT molecular complexity index is 889. The number of aliphatic imine (C=N–C) groups is 2. The molecule has 0 amide bonds. The van der Waals surface area contributed by atoms with Crippen LogP contribution in [0.25, 0.3) is 0 Å². The van der Waals surface area contributed by atoms with Crippen molar-refractivity contribution in [2.24, 2.45) is 15.9 Å². The van der Waals surface area contributed by atoms with Crippen molar-refractivity contribution in [3.63, 3.8) is 0 Å². The van der Waals surface area contributed by atoms with Gasteiger partial charge in [0, 0.05) is 44.3 Å². The highest BCUT2D eigenvalue weighted by atomic mass is 15.1. The van der Waals surface area contributed by atoms with Crippen molar-refractivity contribution in [1.29, 1.82) is 0 Å². The molecule has 158 valence electrons. The average Bonchev–Trinajstić information content (AvgIpc) is 2.78. The summed E-state index contributed by atoms with van der Waals surface area (Å²) in [4.78, 5) is 11.6. The Morgan fingerprint density at radius 2 is 1.70 bits per heavy atom. The van der Waals surface area contributed by atoms with Crippen LogP contribution in [0.1, 0.15) is 25.3 Å². The lowest BCUT2D eigenvalue weighted by Gasteiger charge is -2.23. The Hall–Kier alpha value is -2.92. The first-order valence-electron chi connectivity index (χ1n) is 10.6. The van der Waals surface area contributed by atoms with Gasteiger partial charge in [-0.05, 0) is 68.6 Å². The molecule has 1 heterocycles. The summed E-state index contributed by atoms with van der Waals surface area (Å²) >= 11 is 0. The van der Waals surface area contributed by atoms with Crippen LogP contribution >= 0.6 is 0 Å². The highest BCUT2D eigenvalue weighted by Gasteiger charge is 2.16. The number of nitrogens with zero attached hydrogens (tertiary/aromatic N) is 3. The lowest BCUT2D eigenvalue weighted by Crippen LogP contribution is -2.31. The Morgan fingerprint density at radius 3 is 2.30 bits per heavy atom. The fourth-order valence-corrected chi connectivity index (χ4v) is 3.62. The van der Waals surface area contributed by atoms with Crippen molar-refractivity contribution in [3.05, 3.63) is 72.1 Å². The maximum Gasteiger partial charge on any atom is 0.132 e. The molecule has 1 fully saturated rings. The number of hydrogen-bond acceptors (Lipinski definition) is 5. The van der Waals surface area contributed by atoms with Crippen molar-refractivity contribution < 1.29 is 0 Å². The molecule has 5 nitrogen and oxygen atoms in total. The molecule has 5 heteroatoms. The largest absolute Gasteiger partial charge is 0.378 e. The van der Waals surface area contributed by atoms with E-state index in [1.165, 1.54) is 11.4 Å². The fourth-order valence-electron chi connectivity index (χ4n) is 3.62. The van der Waals surface area contributed by atoms with E-state index in [2.05, 4.69) is 63.8 Å². The van der Waals surface area contributed by atoms with E-state index in [4.69, 9.17) is 4.99 Å². The van der Waals surface area contributed by atoms with Gasteiger partial charge >= 0.3 is 0 Å². The van der Waals surface area contributed by atoms with Crippen molar-refractivity contribution in [1.82, 2.24) is 5.32 Å². The molecule has 2 N–H and O–H groups in total. The molecule has 2 aromatic rings. The van der Waals surface area contributed by atoms with Crippen LogP contribution in [-0.4, -0.2) is 45.7 Å². The number of benzene rings is 2. The maximum absolute atomic E-state index is 5.01. The van der Waals surface area contributed by atoms with Gasteiger partial charge in [0.25, 0.3) is 0 Å². The van der Waals surface area contributed by atoms with Crippen LogP contribution in [0.15, 0.2) is 76.5 Å². The van der Waals surface area contributed by atoms with E-state index in [-0.39, 0.29) is 0 Å². The summed E-state index contributed by atoms with van der Waals surface area (Å²) in [5, 5.41) is 6.94. The minimum atomic E-state index is 0.520. The highest BCUT2D eigenvalue weighted by Crippen LogP contribution is 2.20. The number of anilines is 2. The summed E-state index contributed by atoms with van der Waals surface area (Å²) in [5.74, 6) is 1.33. The minimum absolute atomic E-state index is 0.520. The SMILES string of the molecule is CN=C(/C=C(\N=C(C)C1CCNCC1)Nc1ccc(N(C)C)cc1)c1ccccc1. The third-order valence-electron chi connectivity index (χ3n) is 5.47. The summed E-state index contributed by atoms with van der Waals surface area (Å²) in [6.07, 6.45) is 4.31. The molecular weight excluding hydrogens is 370 g/mol. The van der Waals surface area contributed by atoms with Crippen LogP contribution in [0.3, 0.4) is 0 Å². The number of rotatable bonds is 7. The topological polar surface area (TPSA) is 52.0 Å². The zero-order valence-corrected chi connectivity index (χ0v) is 18.5. The Balaban J connectivity index is 1.91. The van der Waals surface area contributed by atoms with Gasteiger partial charge in [-0.1, -0.05) is 30.3 Å². The van der Waals surface area contributed by atoms with Gasteiger partial charge in [0.15, 0.2) is 0 Å². The molecule has 0 aliphatic carbocycles. The van der Waals surface area contributed by atoms with E-state index in [1.54, 1.807) is 0 Å². The van der Waals surface area contributed by atoms with Crippen molar-refractivity contribution >= 4 is 22.8 Å². The van der Waals surface area contributed by atoms with Crippen LogP contribution in [0.5, 0.6) is 0 Å². The Morgan fingerprint density at radius 1 is 1.03 bits per heavy atom. The first-order valence-corrected chi connectivity index (χ1v) is 10.6. The number of nitrogens with one attached hydrogen (secondary N) is 2. The standard InChI is InChI=1S/C25H33N5/c1-19(20-14-16-27-17-15-20)28-25(18-24(26-2)21-8-6-5-7-9-21)29-22-10-12-23(13-11-22)30(3)4/h5-13,18,20,27,29H,14-17H2,1-4H3/b25-18+,26-24?,28-19?.